The summed E-state index contributed by atoms with van der Waals surface area (Å²) in [7, 11) is 3.21. The molecule has 0 aromatic heterocycles. The minimum absolute atomic E-state index is 0.00904. The molecule has 3 fully saturated rings. The fourth-order valence-electron chi connectivity index (χ4n) is 10.4. The van der Waals surface area contributed by atoms with Gasteiger partial charge in [0.2, 0.25) is 11.8 Å². The van der Waals surface area contributed by atoms with E-state index in [9.17, 15) is 14.7 Å². The Balaban J connectivity index is 1.12. The maximum absolute atomic E-state index is 15.5. The van der Waals surface area contributed by atoms with Gasteiger partial charge < -0.3 is 14.6 Å². The van der Waals surface area contributed by atoms with Gasteiger partial charge in [-0.25, -0.2) is 0 Å². The third-order valence-electron chi connectivity index (χ3n) is 13.3. The zero-order valence-corrected chi connectivity index (χ0v) is 34.8. The number of hydrogen-bond acceptors (Lipinski definition) is 8. The largest absolute Gasteiger partial charge is 0.507 e. The Kier molecular flexibility index (Phi) is 10.4. The van der Waals surface area contributed by atoms with Crippen LogP contribution in [-0.4, -0.2) is 48.0 Å². The zero-order valence-electron chi connectivity index (χ0n) is 34.8. The third kappa shape index (κ3) is 6.40. The van der Waals surface area contributed by atoms with Crippen LogP contribution in [0.2, 0.25) is 0 Å². The van der Waals surface area contributed by atoms with Crippen molar-refractivity contribution in [3.8, 4) is 17.2 Å². The van der Waals surface area contributed by atoms with E-state index < -0.39 is 46.8 Å². The second-order valence-electron chi connectivity index (χ2n) is 16.5. The van der Waals surface area contributed by atoms with E-state index >= 15 is 9.59 Å². The average molecular weight is 826 g/mol. The first-order chi connectivity index (χ1) is 30.1. The first kappa shape index (κ1) is 40.2. The minimum Gasteiger partial charge on any atom is -0.507 e. The van der Waals surface area contributed by atoms with Gasteiger partial charge in [0.1, 0.15) is 17.2 Å². The Hall–Kier alpha value is -7.20. The third-order valence-corrected chi connectivity index (χ3v) is 13.3. The van der Waals surface area contributed by atoms with Crippen molar-refractivity contribution in [2.75, 3.05) is 24.5 Å². The summed E-state index contributed by atoms with van der Waals surface area (Å²) in [6, 6.07) is 35.0. The molecule has 4 amide bonds. The van der Waals surface area contributed by atoms with Gasteiger partial charge in [0, 0.05) is 17.0 Å². The van der Waals surface area contributed by atoms with E-state index in [-0.39, 0.29) is 30.4 Å². The fourth-order valence-corrected chi connectivity index (χ4v) is 10.4. The number of allylic oxidation sites excluding steroid dienone is 3. The number of phenolic OH excluding ortho intramolecular Hbond substituents is 1. The lowest BCUT2D eigenvalue weighted by Crippen LogP contribution is -2.53. The van der Waals surface area contributed by atoms with Crippen molar-refractivity contribution >= 4 is 47.2 Å². The van der Waals surface area contributed by atoms with Gasteiger partial charge in [0.05, 0.1) is 48.8 Å². The summed E-state index contributed by atoms with van der Waals surface area (Å²) in [5.41, 5.74) is 7.85. The number of imide groups is 2. The normalized spacial score (nSPS) is 24.1. The topological polar surface area (TPSA) is 125 Å². The number of carbonyl (C=O) groups excluding carboxylic acids is 4. The summed E-state index contributed by atoms with van der Waals surface area (Å²) in [6.45, 7) is 5.86. The number of phenols is 1. The summed E-state index contributed by atoms with van der Waals surface area (Å²) in [4.78, 5) is 61.2. The van der Waals surface area contributed by atoms with Crippen LogP contribution in [0.5, 0.6) is 17.2 Å². The number of nitrogens with zero attached hydrogens (tertiary/aromatic N) is 2. The molecule has 2 N–H and O–H groups in total. The Labute approximate surface area is 360 Å². The highest BCUT2D eigenvalue weighted by Crippen LogP contribution is 2.65. The maximum atomic E-state index is 15.5. The number of aromatic hydroxyl groups is 1. The van der Waals surface area contributed by atoms with Gasteiger partial charge >= 0.3 is 0 Å². The van der Waals surface area contributed by atoms with Crippen LogP contribution in [0.1, 0.15) is 52.1 Å². The number of aryl methyl sites for hydroxylation is 1. The molecule has 0 bridgehead atoms. The van der Waals surface area contributed by atoms with Crippen LogP contribution in [0.15, 0.2) is 140 Å². The number of methoxy groups -OCH3 is 2. The van der Waals surface area contributed by atoms with Gasteiger partial charge in [0.25, 0.3) is 11.8 Å². The molecule has 312 valence electrons. The number of nitrogens with one attached hydrogen (secondary N) is 1. The Morgan fingerprint density at radius 1 is 0.823 bits per heavy atom. The van der Waals surface area contributed by atoms with E-state index in [1.165, 1.54) is 4.90 Å². The molecule has 5 aromatic carbocycles. The molecule has 2 aliphatic heterocycles. The number of ether oxygens (including phenoxy) is 2. The van der Waals surface area contributed by atoms with Crippen molar-refractivity contribution in [1.29, 1.82) is 0 Å². The van der Waals surface area contributed by atoms with E-state index in [0.29, 0.717) is 46.0 Å². The average Bonchev–Trinajstić information content (AvgIpc) is 3.68. The molecule has 0 radical (unpaired) electrons. The molecular formula is C52H47N3O7. The van der Waals surface area contributed by atoms with E-state index in [4.69, 9.17) is 9.47 Å². The number of fused-ring (bicyclic) bond motifs is 4. The Bertz CT molecular complexity index is 2670. The number of benzene rings is 5. The first-order valence-electron chi connectivity index (χ1n) is 20.9. The molecule has 2 aliphatic carbocycles. The van der Waals surface area contributed by atoms with Crippen LogP contribution in [-0.2, 0) is 31.0 Å². The molecule has 6 atom stereocenters. The SMILES string of the molecule is C=CCc1cccc([C@H]2C3=CC[C@@H]4C(=O)N(c5ccc(C=Cc6cc(OC)ccc6OC)cc5)C(=O)[C@@H]4[C@@H]3C[C@H]3C(=O)N(Nc4ccc(C)cc4)C(=O)[C@@]23c2ccccc2)c1O. The zero-order chi connectivity index (χ0) is 43.3. The lowest BCUT2D eigenvalue weighted by molar-refractivity contribution is -0.138. The van der Waals surface area contributed by atoms with Crippen LogP contribution in [0.25, 0.3) is 12.2 Å². The lowest BCUT2D eigenvalue weighted by Gasteiger charge is -2.50. The summed E-state index contributed by atoms with van der Waals surface area (Å²) < 4.78 is 10.9. The van der Waals surface area contributed by atoms with Crippen LogP contribution in [0, 0.1) is 30.6 Å². The number of carbonyl (C=O) groups is 4. The molecule has 10 heteroatoms. The Morgan fingerprint density at radius 3 is 2.29 bits per heavy atom. The highest BCUT2D eigenvalue weighted by Gasteiger charge is 2.70. The lowest BCUT2D eigenvalue weighted by atomic mass is 9.49. The smallest absolute Gasteiger partial charge is 0.260 e. The predicted octanol–water partition coefficient (Wildman–Crippen LogP) is 8.81. The van der Waals surface area contributed by atoms with Crippen molar-refractivity contribution in [1.82, 2.24) is 5.01 Å². The van der Waals surface area contributed by atoms with Gasteiger partial charge in [-0.15, -0.1) is 6.58 Å². The van der Waals surface area contributed by atoms with Gasteiger partial charge in [-0.05, 0) is 91.3 Å². The molecule has 0 unspecified atom stereocenters. The summed E-state index contributed by atoms with van der Waals surface area (Å²) in [5, 5.41) is 13.3. The molecule has 4 aliphatic rings. The van der Waals surface area contributed by atoms with Crippen molar-refractivity contribution in [3.05, 3.63) is 173 Å². The van der Waals surface area contributed by atoms with Gasteiger partial charge in [-0.2, -0.15) is 5.01 Å². The Morgan fingerprint density at radius 2 is 1.58 bits per heavy atom. The number of hydrogen-bond donors (Lipinski definition) is 2. The predicted molar refractivity (Wildman–Crippen MR) is 238 cm³/mol. The number of hydrazine groups is 1. The highest BCUT2D eigenvalue weighted by molar-refractivity contribution is 6.22. The van der Waals surface area contributed by atoms with Crippen molar-refractivity contribution in [2.45, 2.75) is 37.5 Å². The monoisotopic (exact) mass is 825 g/mol. The molecule has 2 heterocycles. The molecule has 9 rings (SSSR count). The number of para-hydroxylation sites is 1. The molecule has 62 heavy (non-hydrogen) atoms. The van der Waals surface area contributed by atoms with E-state index in [1.807, 2.05) is 128 Å². The van der Waals surface area contributed by atoms with Crippen molar-refractivity contribution < 1.29 is 33.8 Å². The summed E-state index contributed by atoms with van der Waals surface area (Å²) >= 11 is 0. The minimum atomic E-state index is -1.50. The molecule has 10 nitrogen and oxygen atoms in total. The van der Waals surface area contributed by atoms with E-state index in [2.05, 4.69) is 12.0 Å². The first-order valence-corrected chi connectivity index (χ1v) is 20.9. The maximum Gasteiger partial charge on any atom is 0.260 e. The van der Waals surface area contributed by atoms with Gasteiger partial charge in [-0.3, -0.25) is 29.5 Å². The summed E-state index contributed by atoms with van der Waals surface area (Å²) in [6.07, 6.45) is 8.32. The molecular weight excluding hydrogens is 779 g/mol. The number of rotatable bonds is 11. The van der Waals surface area contributed by atoms with E-state index in [1.54, 1.807) is 32.4 Å². The fraction of sp³-hybridized carbons (Fsp3) is 0.231. The van der Waals surface area contributed by atoms with Crippen LogP contribution >= 0.6 is 0 Å². The molecule has 1 saturated carbocycles. The van der Waals surface area contributed by atoms with Gasteiger partial charge in [-0.1, -0.05) is 108 Å². The van der Waals surface area contributed by atoms with Crippen molar-refractivity contribution in [3.63, 3.8) is 0 Å². The summed E-state index contributed by atoms with van der Waals surface area (Å²) in [5.74, 6) is -3.99. The van der Waals surface area contributed by atoms with E-state index in [0.717, 1.165) is 27.3 Å². The quantitative estimate of drug-likeness (QED) is 0.0770. The molecule has 0 spiro atoms. The highest BCUT2D eigenvalue weighted by atomic mass is 16.5. The van der Waals surface area contributed by atoms with Crippen molar-refractivity contribution in [2.24, 2.45) is 23.7 Å². The second kappa shape index (κ2) is 16.0. The van der Waals surface area contributed by atoms with Gasteiger partial charge in [0.15, 0.2) is 0 Å². The van der Waals surface area contributed by atoms with Crippen LogP contribution in [0.4, 0.5) is 11.4 Å². The standard InChI is InChI=1S/C52H47N3O7/c1-5-10-33-11-9-14-41(47(33)56)46-39-26-27-40-45(50(59)54(48(40)57)37-23-18-32(19-24-37)17-20-34-29-38(61-3)25-28-44(34)62-4)42(39)30-43-49(58)55(53-36-21-15-31(2)16-22-36)51(60)52(43,46)35-12-7-6-8-13-35/h5-9,11-26,28-29,40,42-43,45-46,53,56H,1,10,27,30H2,2-4H3/t40-,42+,43-,45-,46+,52+/m0/s1. The molecule has 2 saturated heterocycles. The van der Waals surface area contributed by atoms with Crippen LogP contribution < -0.4 is 19.8 Å². The number of anilines is 2. The van der Waals surface area contributed by atoms with Crippen LogP contribution in [0.3, 0.4) is 0 Å². The second-order valence-corrected chi connectivity index (χ2v) is 16.5. The molecule has 5 aromatic rings. The number of amides is 4.